The lowest BCUT2D eigenvalue weighted by Gasteiger charge is -2.14. The number of aromatic nitrogens is 6. The van der Waals surface area contributed by atoms with Crippen molar-refractivity contribution in [2.24, 2.45) is 0 Å². The molecule has 3 aromatic rings. The summed E-state index contributed by atoms with van der Waals surface area (Å²) in [5.41, 5.74) is 7.82. The third kappa shape index (κ3) is 4.66. The van der Waals surface area contributed by atoms with Gasteiger partial charge in [-0.15, -0.1) is 15.3 Å². The van der Waals surface area contributed by atoms with Crippen LogP contribution in [0.1, 0.15) is 25.3 Å². The number of rotatable bonds is 8. The number of ether oxygens (including phenoxy) is 1. The number of anilines is 1. The van der Waals surface area contributed by atoms with Gasteiger partial charge in [0, 0.05) is 11.6 Å². The molecular formula is C19H22ClN7O2S. The van der Waals surface area contributed by atoms with Gasteiger partial charge in [-0.05, 0) is 37.5 Å². The van der Waals surface area contributed by atoms with Crippen molar-refractivity contribution in [3.8, 4) is 11.5 Å². The highest BCUT2D eigenvalue weighted by Gasteiger charge is 2.25. The van der Waals surface area contributed by atoms with E-state index in [2.05, 4.69) is 20.5 Å². The van der Waals surface area contributed by atoms with E-state index < -0.39 is 0 Å². The predicted octanol–water partition coefficient (Wildman–Crippen LogP) is 2.68. The number of hydrogen-bond donors (Lipinski definition) is 1. The minimum atomic E-state index is 0.0710. The number of nitrogen functional groups attached to an aromatic ring is 1. The molecule has 0 aliphatic carbocycles. The molecule has 0 saturated carbocycles. The molecule has 0 unspecified atom stereocenters. The molecule has 1 aliphatic heterocycles. The van der Waals surface area contributed by atoms with E-state index in [0.29, 0.717) is 46.4 Å². The molecule has 1 saturated heterocycles. The highest BCUT2D eigenvalue weighted by Crippen LogP contribution is 2.28. The van der Waals surface area contributed by atoms with Gasteiger partial charge in [0.25, 0.3) is 0 Å². The van der Waals surface area contributed by atoms with E-state index in [1.807, 2.05) is 28.8 Å². The van der Waals surface area contributed by atoms with Crippen molar-refractivity contribution >= 4 is 35.0 Å². The van der Waals surface area contributed by atoms with Crippen LogP contribution in [0.2, 0.25) is 5.02 Å². The molecule has 1 aliphatic rings. The first-order chi connectivity index (χ1) is 14.5. The van der Waals surface area contributed by atoms with E-state index in [1.165, 1.54) is 11.8 Å². The molecule has 11 heteroatoms. The van der Waals surface area contributed by atoms with Gasteiger partial charge in [-0.2, -0.15) is 0 Å². The van der Waals surface area contributed by atoms with Crippen LogP contribution in [0.25, 0.3) is 11.5 Å². The number of nitrogens with two attached hydrogens (primary N) is 1. The molecule has 4 rings (SSSR count). The SMILES string of the molecule is CC(=O)CSc1nnc(-c2nnn(Cc3ccc(Cl)cc3)c2N)n1C[C@H]1CCCO1. The van der Waals surface area contributed by atoms with Gasteiger partial charge in [0.2, 0.25) is 0 Å². The molecule has 1 aromatic carbocycles. The highest BCUT2D eigenvalue weighted by molar-refractivity contribution is 7.99. The van der Waals surface area contributed by atoms with Gasteiger partial charge in [0.1, 0.15) is 5.78 Å². The first kappa shape index (κ1) is 20.8. The average molecular weight is 448 g/mol. The van der Waals surface area contributed by atoms with Crippen molar-refractivity contribution < 1.29 is 9.53 Å². The van der Waals surface area contributed by atoms with E-state index in [-0.39, 0.29) is 11.9 Å². The molecular weight excluding hydrogens is 426 g/mol. The zero-order chi connectivity index (χ0) is 21.1. The van der Waals surface area contributed by atoms with Gasteiger partial charge >= 0.3 is 0 Å². The third-order valence-electron chi connectivity index (χ3n) is 4.76. The Morgan fingerprint density at radius 1 is 1.30 bits per heavy atom. The first-order valence-electron chi connectivity index (χ1n) is 9.62. The average Bonchev–Trinajstić information content (AvgIpc) is 3.45. The summed E-state index contributed by atoms with van der Waals surface area (Å²) in [5.74, 6) is 1.31. The molecule has 2 N–H and O–H groups in total. The van der Waals surface area contributed by atoms with Crippen molar-refractivity contribution in [1.82, 2.24) is 29.8 Å². The normalized spacial score (nSPS) is 16.3. The van der Waals surface area contributed by atoms with E-state index in [0.717, 1.165) is 25.0 Å². The summed E-state index contributed by atoms with van der Waals surface area (Å²) in [4.78, 5) is 11.4. The molecule has 0 spiro atoms. The number of Topliss-reactive ketones (excluding diaryl/α,β-unsaturated/α-hetero) is 1. The Hall–Kier alpha value is -2.43. The van der Waals surface area contributed by atoms with Crippen molar-refractivity contribution in [3.05, 3.63) is 34.9 Å². The summed E-state index contributed by atoms with van der Waals surface area (Å²) >= 11 is 7.30. The van der Waals surface area contributed by atoms with E-state index in [4.69, 9.17) is 22.1 Å². The van der Waals surface area contributed by atoms with Gasteiger partial charge in [-0.1, -0.05) is 40.7 Å². The third-order valence-corrected chi connectivity index (χ3v) is 6.13. The number of thioether (sulfide) groups is 1. The van der Waals surface area contributed by atoms with E-state index >= 15 is 0 Å². The Labute approximate surface area is 182 Å². The molecule has 3 heterocycles. The van der Waals surface area contributed by atoms with Gasteiger partial charge in [0.05, 0.1) is 24.9 Å². The molecule has 0 amide bonds. The minimum absolute atomic E-state index is 0.0710. The van der Waals surface area contributed by atoms with Crippen LogP contribution in [0.15, 0.2) is 29.4 Å². The molecule has 0 bridgehead atoms. The lowest BCUT2D eigenvalue weighted by molar-refractivity contribution is -0.114. The van der Waals surface area contributed by atoms with Gasteiger partial charge in [-0.25, -0.2) is 4.68 Å². The van der Waals surface area contributed by atoms with Crippen molar-refractivity contribution in [3.63, 3.8) is 0 Å². The molecule has 0 radical (unpaired) electrons. The number of halogens is 1. The van der Waals surface area contributed by atoms with Crippen molar-refractivity contribution in [2.75, 3.05) is 18.1 Å². The number of benzene rings is 1. The summed E-state index contributed by atoms with van der Waals surface area (Å²) in [6, 6.07) is 7.47. The minimum Gasteiger partial charge on any atom is -0.382 e. The smallest absolute Gasteiger partial charge is 0.192 e. The van der Waals surface area contributed by atoms with Gasteiger partial charge in [0.15, 0.2) is 22.5 Å². The zero-order valence-electron chi connectivity index (χ0n) is 16.5. The van der Waals surface area contributed by atoms with Crippen LogP contribution in [0.4, 0.5) is 5.82 Å². The molecule has 1 atom stereocenters. The first-order valence-corrected chi connectivity index (χ1v) is 11.0. The van der Waals surface area contributed by atoms with Gasteiger partial charge in [-0.3, -0.25) is 9.36 Å². The quantitative estimate of drug-likeness (QED) is 0.524. The number of nitrogens with zero attached hydrogens (tertiary/aromatic N) is 6. The van der Waals surface area contributed by atoms with Crippen molar-refractivity contribution in [1.29, 1.82) is 0 Å². The van der Waals surface area contributed by atoms with Crippen LogP contribution in [-0.4, -0.2) is 54.0 Å². The second-order valence-corrected chi connectivity index (χ2v) is 8.53. The fourth-order valence-corrected chi connectivity index (χ4v) is 4.13. The Kier molecular flexibility index (Phi) is 6.35. The monoisotopic (exact) mass is 447 g/mol. The maximum Gasteiger partial charge on any atom is 0.192 e. The largest absolute Gasteiger partial charge is 0.382 e. The lowest BCUT2D eigenvalue weighted by atomic mass is 10.2. The fourth-order valence-electron chi connectivity index (χ4n) is 3.25. The second kappa shape index (κ2) is 9.15. The topological polar surface area (TPSA) is 114 Å². The van der Waals surface area contributed by atoms with E-state index in [1.54, 1.807) is 11.6 Å². The van der Waals surface area contributed by atoms with Crippen LogP contribution >= 0.6 is 23.4 Å². The Morgan fingerprint density at radius 3 is 2.80 bits per heavy atom. The van der Waals surface area contributed by atoms with Gasteiger partial charge < -0.3 is 10.5 Å². The van der Waals surface area contributed by atoms with Crippen LogP contribution in [-0.2, 0) is 22.6 Å². The second-order valence-electron chi connectivity index (χ2n) is 7.15. The summed E-state index contributed by atoms with van der Waals surface area (Å²) in [7, 11) is 0. The Bertz CT molecular complexity index is 1030. The Morgan fingerprint density at radius 2 is 2.10 bits per heavy atom. The van der Waals surface area contributed by atoms with Crippen LogP contribution in [0, 0.1) is 0 Å². The molecule has 30 heavy (non-hydrogen) atoms. The number of carbonyl (C=O) groups is 1. The molecule has 9 nitrogen and oxygen atoms in total. The molecule has 1 fully saturated rings. The molecule has 158 valence electrons. The standard InChI is InChI=1S/C19H22ClN7O2S/c1-12(28)11-30-19-24-23-18(26(19)10-15-3-2-8-29-15)16-17(21)27(25-22-16)9-13-4-6-14(20)7-5-13/h4-7,15H,2-3,8-11,21H2,1H3/t15-/m1/s1. The maximum atomic E-state index is 11.4. The number of hydrogen-bond acceptors (Lipinski definition) is 8. The lowest BCUT2D eigenvalue weighted by Crippen LogP contribution is -2.17. The number of ketones is 1. The van der Waals surface area contributed by atoms with Crippen LogP contribution in [0.5, 0.6) is 0 Å². The summed E-state index contributed by atoms with van der Waals surface area (Å²) in [5, 5.41) is 18.4. The Balaban J connectivity index is 1.63. The predicted molar refractivity (Wildman–Crippen MR) is 114 cm³/mol. The number of carbonyl (C=O) groups excluding carboxylic acids is 1. The maximum absolute atomic E-state index is 11.4. The van der Waals surface area contributed by atoms with Crippen LogP contribution < -0.4 is 5.73 Å². The summed E-state index contributed by atoms with van der Waals surface area (Å²) < 4.78 is 9.33. The zero-order valence-corrected chi connectivity index (χ0v) is 18.1. The van der Waals surface area contributed by atoms with Crippen LogP contribution in [0.3, 0.4) is 0 Å². The molecule has 2 aromatic heterocycles. The summed E-state index contributed by atoms with van der Waals surface area (Å²) in [6.45, 7) is 3.33. The highest BCUT2D eigenvalue weighted by atomic mass is 35.5. The fraction of sp³-hybridized carbons (Fsp3) is 0.421. The summed E-state index contributed by atoms with van der Waals surface area (Å²) in [6.07, 6.45) is 2.06. The van der Waals surface area contributed by atoms with E-state index in [9.17, 15) is 4.79 Å². The van der Waals surface area contributed by atoms with Crippen molar-refractivity contribution in [2.45, 2.75) is 44.1 Å².